The van der Waals surface area contributed by atoms with Crippen molar-refractivity contribution in [3.05, 3.63) is 36.3 Å². The number of nitrogens with one attached hydrogen (secondary N) is 1. The maximum atomic E-state index is 4.34. The van der Waals surface area contributed by atoms with E-state index in [1.165, 1.54) is 0 Å². The SMILES string of the molecule is Cc1cc2c(NCc3nncn3C)nccn2n1. The molecule has 3 rings (SSSR count). The second-order valence-corrected chi connectivity index (χ2v) is 4.10. The first-order valence-corrected chi connectivity index (χ1v) is 5.62. The molecule has 0 aliphatic rings. The molecule has 0 aliphatic carbocycles. The Morgan fingerprint density at radius 2 is 2.28 bits per heavy atom. The number of aromatic nitrogens is 6. The Kier molecular flexibility index (Phi) is 2.44. The molecule has 0 bridgehead atoms. The predicted octanol–water partition coefficient (Wildman–Crippen LogP) is 0.778. The molecule has 1 N–H and O–H groups in total. The molecule has 0 spiro atoms. The minimum absolute atomic E-state index is 0.577. The third kappa shape index (κ3) is 1.79. The van der Waals surface area contributed by atoms with Gasteiger partial charge in [-0.25, -0.2) is 9.50 Å². The van der Waals surface area contributed by atoms with Crippen LogP contribution in [0.4, 0.5) is 5.82 Å². The summed E-state index contributed by atoms with van der Waals surface area (Å²) in [7, 11) is 1.91. The van der Waals surface area contributed by atoms with Gasteiger partial charge in [-0.1, -0.05) is 0 Å². The summed E-state index contributed by atoms with van der Waals surface area (Å²) in [6, 6.07) is 1.99. The maximum absolute atomic E-state index is 4.34. The first kappa shape index (κ1) is 10.7. The van der Waals surface area contributed by atoms with Crippen molar-refractivity contribution in [2.45, 2.75) is 13.5 Å². The van der Waals surface area contributed by atoms with E-state index in [-0.39, 0.29) is 0 Å². The third-order valence-electron chi connectivity index (χ3n) is 2.73. The van der Waals surface area contributed by atoms with Gasteiger partial charge >= 0.3 is 0 Å². The second-order valence-electron chi connectivity index (χ2n) is 4.10. The number of anilines is 1. The van der Waals surface area contributed by atoms with Gasteiger partial charge in [0.15, 0.2) is 11.6 Å². The lowest BCUT2D eigenvalue weighted by molar-refractivity contribution is 0.809. The summed E-state index contributed by atoms with van der Waals surface area (Å²) in [5.74, 6) is 1.65. The first-order chi connectivity index (χ1) is 8.74. The van der Waals surface area contributed by atoms with E-state index in [0.717, 1.165) is 22.9 Å². The molecule has 0 aromatic carbocycles. The maximum Gasteiger partial charge on any atom is 0.152 e. The molecule has 0 saturated carbocycles. The Morgan fingerprint density at radius 1 is 1.39 bits per heavy atom. The fourth-order valence-corrected chi connectivity index (χ4v) is 1.81. The van der Waals surface area contributed by atoms with Crippen molar-refractivity contribution < 1.29 is 0 Å². The molecular weight excluding hydrogens is 230 g/mol. The molecule has 0 fully saturated rings. The zero-order chi connectivity index (χ0) is 12.5. The van der Waals surface area contributed by atoms with Gasteiger partial charge in [-0.3, -0.25) is 0 Å². The summed E-state index contributed by atoms with van der Waals surface area (Å²) in [6.45, 7) is 2.53. The van der Waals surface area contributed by atoms with Gasteiger partial charge in [0.1, 0.15) is 11.8 Å². The van der Waals surface area contributed by atoms with Crippen molar-refractivity contribution in [2.24, 2.45) is 7.05 Å². The van der Waals surface area contributed by atoms with E-state index >= 15 is 0 Å². The summed E-state index contributed by atoms with van der Waals surface area (Å²) >= 11 is 0. The highest BCUT2D eigenvalue weighted by Gasteiger charge is 2.06. The van der Waals surface area contributed by atoms with E-state index < -0.39 is 0 Å². The summed E-state index contributed by atoms with van der Waals surface area (Å²) in [5, 5.41) is 15.4. The fourth-order valence-electron chi connectivity index (χ4n) is 1.81. The van der Waals surface area contributed by atoms with Crippen LogP contribution in [-0.4, -0.2) is 29.4 Å². The van der Waals surface area contributed by atoms with Crippen molar-refractivity contribution >= 4 is 11.3 Å². The van der Waals surface area contributed by atoms with Gasteiger partial charge in [-0.15, -0.1) is 10.2 Å². The van der Waals surface area contributed by atoms with Gasteiger partial charge < -0.3 is 9.88 Å². The molecule has 3 aromatic heterocycles. The Labute approximate surface area is 103 Å². The predicted molar refractivity (Wildman–Crippen MR) is 66.1 cm³/mol. The lowest BCUT2D eigenvalue weighted by Gasteiger charge is -2.05. The van der Waals surface area contributed by atoms with Gasteiger partial charge in [0.2, 0.25) is 0 Å². The Balaban J connectivity index is 1.88. The molecule has 3 aromatic rings. The fraction of sp³-hybridized carbons (Fsp3) is 0.273. The molecule has 0 amide bonds. The normalized spacial score (nSPS) is 11.0. The van der Waals surface area contributed by atoms with E-state index in [0.29, 0.717) is 6.54 Å². The highest BCUT2D eigenvalue weighted by Crippen LogP contribution is 2.15. The van der Waals surface area contributed by atoms with E-state index in [1.807, 2.05) is 30.8 Å². The minimum atomic E-state index is 0.577. The summed E-state index contributed by atoms with van der Waals surface area (Å²) in [4.78, 5) is 4.32. The van der Waals surface area contributed by atoms with E-state index in [9.17, 15) is 0 Å². The number of nitrogens with zero attached hydrogens (tertiary/aromatic N) is 6. The molecule has 0 radical (unpaired) electrons. The van der Waals surface area contributed by atoms with Crippen LogP contribution in [0.25, 0.3) is 5.52 Å². The lowest BCUT2D eigenvalue weighted by atomic mass is 10.4. The summed E-state index contributed by atoms with van der Waals surface area (Å²) in [5.41, 5.74) is 1.92. The smallest absolute Gasteiger partial charge is 0.152 e. The molecule has 7 nitrogen and oxygen atoms in total. The Hall–Kier alpha value is -2.44. The topological polar surface area (TPSA) is 72.9 Å². The van der Waals surface area contributed by atoms with Crippen molar-refractivity contribution in [3.63, 3.8) is 0 Å². The lowest BCUT2D eigenvalue weighted by Crippen LogP contribution is -2.07. The van der Waals surface area contributed by atoms with Gasteiger partial charge in [0.25, 0.3) is 0 Å². The van der Waals surface area contributed by atoms with E-state index in [2.05, 4.69) is 25.6 Å². The number of fused-ring (bicyclic) bond motifs is 1. The average Bonchev–Trinajstić information content (AvgIpc) is 2.91. The Morgan fingerprint density at radius 3 is 3.06 bits per heavy atom. The standard InChI is InChI=1S/C11H13N7/c1-8-5-9-11(12-3-4-18(9)16-8)13-6-10-15-14-7-17(10)2/h3-5,7H,6H2,1-2H3,(H,12,13). The number of rotatable bonds is 3. The summed E-state index contributed by atoms with van der Waals surface area (Å²) < 4.78 is 3.68. The molecule has 3 heterocycles. The van der Waals surface area contributed by atoms with Crippen molar-refractivity contribution in [2.75, 3.05) is 5.32 Å². The third-order valence-corrected chi connectivity index (χ3v) is 2.73. The quantitative estimate of drug-likeness (QED) is 0.736. The second kappa shape index (κ2) is 4.10. The molecule has 7 heteroatoms. The van der Waals surface area contributed by atoms with Gasteiger partial charge in [0, 0.05) is 19.4 Å². The summed E-state index contributed by atoms with van der Waals surface area (Å²) in [6.07, 6.45) is 5.22. The first-order valence-electron chi connectivity index (χ1n) is 5.62. The highest BCUT2D eigenvalue weighted by atomic mass is 15.3. The molecule has 0 atom stereocenters. The van der Waals surface area contributed by atoms with Crippen LogP contribution in [0, 0.1) is 6.92 Å². The van der Waals surface area contributed by atoms with Crippen molar-refractivity contribution in [3.8, 4) is 0 Å². The molecule has 92 valence electrons. The van der Waals surface area contributed by atoms with Crippen LogP contribution >= 0.6 is 0 Å². The molecular formula is C11H13N7. The van der Waals surface area contributed by atoms with Crippen LogP contribution in [-0.2, 0) is 13.6 Å². The van der Waals surface area contributed by atoms with Crippen LogP contribution < -0.4 is 5.32 Å². The van der Waals surface area contributed by atoms with Crippen molar-refractivity contribution in [1.29, 1.82) is 0 Å². The van der Waals surface area contributed by atoms with E-state index in [1.54, 1.807) is 17.0 Å². The molecule has 0 unspecified atom stereocenters. The number of aryl methyl sites for hydroxylation is 2. The number of hydrogen-bond acceptors (Lipinski definition) is 5. The van der Waals surface area contributed by atoms with Gasteiger partial charge in [-0.05, 0) is 13.0 Å². The minimum Gasteiger partial charge on any atom is -0.361 e. The van der Waals surface area contributed by atoms with Crippen LogP contribution in [0.2, 0.25) is 0 Å². The van der Waals surface area contributed by atoms with Crippen LogP contribution in [0.3, 0.4) is 0 Å². The van der Waals surface area contributed by atoms with Gasteiger partial charge in [0.05, 0.1) is 12.2 Å². The molecule has 18 heavy (non-hydrogen) atoms. The molecule has 0 aliphatic heterocycles. The van der Waals surface area contributed by atoms with E-state index in [4.69, 9.17) is 0 Å². The largest absolute Gasteiger partial charge is 0.361 e. The van der Waals surface area contributed by atoms with Crippen LogP contribution in [0.15, 0.2) is 24.8 Å². The molecule has 0 saturated heterocycles. The van der Waals surface area contributed by atoms with Crippen LogP contribution in [0.5, 0.6) is 0 Å². The average molecular weight is 243 g/mol. The zero-order valence-electron chi connectivity index (χ0n) is 10.2. The van der Waals surface area contributed by atoms with Crippen molar-refractivity contribution in [1.82, 2.24) is 29.4 Å². The zero-order valence-corrected chi connectivity index (χ0v) is 10.2. The highest BCUT2D eigenvalue weighted by molar-refractivity contribution is 5.67. The van der Waals surface area contributed by atoms with Crippen LogP contribution in [0.1, 0.15) is 11.5 Å². The number of hydrogen-bond donors (Lipinski definition) is 1. The van der Waals surface area contributed by atoms with Gasteiger partial charge in [-0.2, -0.15) is 5.10 Å². The monoisotopic (exact) mass is 243 g/mol. The Bertz CT molecular complexity index is 682.